The molecule has 2 atom stereocenters. The van der Waals surface area contributed by atoms with E-state index in [1.54, 1.807) is 0 Å². The van der Waals surface area contributed by atoms with Gasteiger partial charge in [0.25, 0.3) is 0 Å². The van der Waals surface area contributed by atoms with Crippen molar-refractivity contribution in [3.8, 4) is 0 Å². The molecule has 1 aliphatic carbocycles. The summed E-state index contributed by atoms with van der Waals surface area (Å²) in [5, 5.41) is 7.30. The third-order valence-electron chi connectivity index (χ3n) is 7.36. The van der Waals surface area contributed by atoms with Crippen LogP contribution in [0, 0.1) is 0 Å². The molecule has 3 heterocycles. The van der Waals surface area contributed by atoms with E-state index >= 15 is 0 Å². The van der Waals surface area contributed by atoms with Crippen molar-refractivity contribution in [1.29, 1.82) is 0 Å². The highest BCUT2D eigenvalue weighted by Gasteiger charge is 2.29. The van der Waals surface area contributed by atoms with Crippen molar-refractivity contribution in [3.63, 3.8) is 0 Å². The summed E-state index contributed by atoms with van der Waals surface area (Å²) in [4.78, 5) is 10.3. The zero-order valence-electron chi connectivity index (χ0n) is 18.7. The molecule has 0 saturated carbocycles. The average molecular weight is 420 g/mol. The van der Waals surface area contributed by atoms with Crippen molar-refractivity contribution in [3.05, 3.63) is 65.0 Å². The fourth-order valence-corrected chi connectivity index (χ4v) is 5.68. The third kappa shape index (κ3) is 5.17. The molecule has 5 rings (SSSR count). The van der Waals surface area contributed by atoms with Crippen LogP contribution in [0.15, 0.2) is 42.6 Å². The first-order valence-corrected chi connectivity index (χ1v) is 12.3. The second-order valence-electron chi connectivity index (χ2n) is 9.45. The Labute approximate surface area is 187 Å². The van der Waals surface area contributed by atoms with E-state index in [1.807, 2.05) is 6.20 Å². The number of fused-ring (bicyclic) bond motifs is 2. The van der Waals surface area contributed by atoms with Gasteiger partial charge in [-0.25, -0.2) is 0 Å². The molecule has 31 heavy (non-hydrogen) atoms. The molecule has 0 bridgehead atoms. The zero-order chi connectivity index (χ0) is 20.9. The van der Waals surface area contributed by atoms with Crippen molar-refractivity contribution < 1.29 is 0 Å². The second kappa shape index (κ2) is 10.2. The van der Waals surface area contributed by atoms with Crippen molar-refractivity contribution in [1.82, 2.24) is 25.4 Å². The van der Waals surface area contributed by atoms with E-state index in [9.17, 15) is 0 Å². The molecule has 3 aliphatic rings. The van der Waals surface area contributed by atoms with Gasteiger partial charge in [-0.2, -0.15) is 0 Å². The molecule has 2 aliphatic heterocycles. The van der Waals surface area contributed by atoms with Gasteiger partial charge in [0, 0.05) is 58.1 Å². The minimum Gasteiger partial charge on any atom is -0.314 e. The number of piperazine rings is 1. The summed E-state index contributed by atoms with van der Waals surface area (Å²) >= 11 is 0. The van der Waals surface area contributed by atoms with Crippen LogP contribution >= 0.6 is 0 Å². The first-order valence-electron chi connectivity index (χ1n) is 12.3. The van der Waals surface area contributed by atoms with E-state index < -0.39 is 0 Å². The fraction of sp³-hybridized carbons (Fsp3) is 0.577. The molecule has 0 radical (unpaired) electrons. The lowest BCUT2D eigenvalue weighted by Gasteiger charge is -2.39. The molecule has 166 valence electrons. The van der Waals surface area contributed by atoms with Gasteiger partial charge in [-0.15, -0.1) is 0 Å². The molecule has 2 aromatic rings. The van der Waals surface area contributed by atoms with Crippen LogP contribution in [0.25, 0.3) is 0 Å². The van der Waals surface area contributed by atoms with Crippen LogP contribution in [0.1, 0.15) is 47.7 Å². The molecule has 1 aromatic heterocycles. The smallest absolute Gasteiger partial charge is 0.0607 e. The Kier molecular flexibility index (Phi) is 6.95. The highest BCUT2D eigenvalue weighted by atomic mass is 15.2. The van der Waals surface area contributed by atoms with Gasteiger partial charge in [0.05, 0.1) is 11.7 Å². The maximum absolute atomic E-state index is 4.87. The van der Waals surface area contributed by atoms with Gasteiger partial charge < -0.3 is 15.5 Å². The number of aryl methyl sites for hydroxylation is 1. The van der Waals surface area contributed by atoms with Crippen LogP contribution in [-0.4, -0.2) is 66.6 Å². The highest BCUT2D eigenvalue weighted by molar-refractivity contribution is 5.30. The number of hydrogen-bond acceptors (Lipinski definition) is 5. The molecule has 1 fully saturated rings. The number of pyridine rings is 1. The Balaban J connectivity index is 1.28. The number of hydrogen-bond donors (Lipinski definition) is 2. The Morgan fingerprint density at radius 2 is 1.87 bits per heavy atom. The molecule has 0 unspecified atom stereocenters. The fourth-order valence-electron chi connectivity index (χ4n) is 5.68. The summed E-state index contributed by atoms with van der Waals surface area (Å²) in [6.07, 6.45) is 8.06. The topological polar surface area (TPSA) is 43.4 Å². The Bertz CT molecular complexity index is 847. The molecular formula is C26H37N5. The minimum atomic E-state index is 0.465. The Morgan fingerprint density at radius 1 is 1.03 bits per heavy atom. The molecule has 1 saturated heterocycles. The Hall–Kier alpha value is -1.79. The summed E-state index contributed by atoms with van der Waals surface area (Å²) in [6, 6.07) is 14.3. The van der Waals surface area contributed by atoms with E-state index in [0.717, 1.165) is 39.1 Å². The van der Waals surface area contributed by atoms with Gasteiger partial charge in [0.15, 0.2) is 0 Å². The number of benzene rings is 1. The van der Waals surface area contributed by atoms with Crippen molar-refractivity contribution in [2.24, 2.45) is 0 Å². The molecule has 0 spiro atoms. The van der Waals surface area contributed by atoms with Gasteiger partial charge in [-0.3, -0.25) is 9.88 Å². The lowest BCUT2D eigenvalue weighted by molar-refractivity contribution is 0.140. The van der Waals surface area contributed by atoms with E-state index in [2.05, 4.69) is 56.8 Å². The maximum Gasteiger partial charge on any atom is 0.0607 e. The molecule has 0 amide bonds. The zero-order valence-corrected chi connectivity index (χ0v) is 18.7. The van der Waals surface area contributed by atoms with Crippen molar-refractivity contribution in [2.45, 2.75) is 50.7 Å². The van der Waals surface area contributed by atoms with Gasteiger partial charge in [-0.1, -0.05) is 30.3 Å². The Morgan fingerprint density at radius 3 is 2.77 bits per heavy atom. The monoisotopic (exact) mass is 419 g/mol. The summed E-state index contributed by atoms with van der Waals surface area (Å²) in [5.41, 5.74) is 5.79. The summed E-state index contributed by atoms with van der Waals surface area (Å²) in [6.45, 7) is 9.12. The van der Waals surface area contributed by atoms with Gasteiger partial charge in [0.1, 0.15) is 0 Å². The number of rotatable bonds is 7. The van der Waals surface area contributed by atoms with Crippen LogP contribution in [0.5, 0.6) is 0 Å². The van der Waals surface area contributed by atoms with E-state index in [4.69, 9.17) is 4.98 Å². The quantitative estimate of drug-likeness (QED) is 0.723. The normalized spacial score (nSPS) is 24.0. The number of nitrogens with zero attached hydrogens (tertiary/aromatic N) is 3. The number of aromatic nitrogens is 1. The first-order chi connectivity index (χ1) is 15.4. The van der Waals surface area contributed by atoms with Crippen LogP contribution in [-0.2, 0) is 19.4 Å². The van der Waals surface area contributed by atoms with E-state index in [0.29, 0.717) is 12.1 Å². The molecule has 2 N–H and O–H groups in total. The van der Waals surface area contributed by atoms with Gasteiger partial charge in [-0.05, 0) is 61.4 Å². The van der Waals surface area contributed by atoms with Crippen LogP contribution in [0.3, 0.4) is 0 Å². The third-order valence-corrected chi connectivity index (χ3v) is 7.36. The van der Waals surface area contributed by atoms with Gasteiger partial charge >= 0.3 is 0 Å². The van der Waals surface area contributed by atoms with Crippen LogP contribution in [0.4, 0.5) is 0 Å². The first kappa shape index (κ1) is 21.1. The minimum absolute atomic E-state index is 0.465. The summed E-state index contributed by atoms with van der Waals surface area (Å²) in [7, 11) is 0. The predicted molar refractivity (Wildman–Crippen MR) is 126 cm³/mol. The number of nitrogens with one attached hydrogen (secondary N) is 2. The van der Waals surface area contributed by atoms with Crippen LogP contribution < -0.4 is 10.6 Å². The highest BCUT2D eigenvalue weighted by Crippen LogP contribution is 2.33. The summed E-state index contributed by atoms with van der Waals surface area (Å²) < 4.78 is 0. The van der Waals surface area contributed by atoms with Gasteiger partial charge in [0.2, 0.25) is 0 Å². The summed E-state index contributed by atoms with van der Waals surface area (Å²) in [5.74, 6) is 0. The predicted octanol–water partition coefficient (Wildman–Crippen LogP) is 2.77. The lowest BCUT2D eigenvalue weighted by Crippen LogP contribution is -2.47. The SMILES string of the molecule is c1ccc2c(c1)CN[C@@H](CN(CCCN1CCNCC1)[C@H]1CCCc3cccnc31)C2. The lowest BCUT2D eigenvalue weighted by atomic mass is 9.89. The largest absolute Gasteiger partial charge is 0.314 e. The molecule has 5 nitrogen and oxygen atoms in total. The maximum atomic E-state index is 4.87. The van der Waals surface area contributed by atoms with Crippen LogP contribution in [0.2, 0.25) is 0 Å². The molecular weight excluding hydrogens is 382 g/mol. The van der Waals surface area contributed by atoms with E-state index in [-0.39, 0.29) is 0 Å². The standard InChI is InChI=1S/C26H37N5/c1-2-7-23-19-29-24(18-22(23)6-1)20-31(15-5-14-30-16-12-27-13-17-30)25-10-3-8-21-9-4-11-28-26(21)25/h1-2,4,6-7,9,11,24-25,27,29H,3,5,8,10,12-20H2/t24-,25+/m1/s1. The average Bonchev–Trinajstić information content (AvgIpc) is 2.84. The molecule has 5 heteroatoms. The van der Waals surface area contributed by atoms with E-state index in [1.165, 1.54) is 67.7 Å². The van der Waals surface area contributed by atoms with Crippen molar-refractivity contribution >= 4 is 0 Å². The molecule has 1 aromatic carbocycles. The van der Waals surface area contributed by atoms with Crippen molar-refractivity contribution in [2.75, 3.05) is 45.8 Å². The second-order valence-corrected chi connectivity index (χ2v) is 9.45.